The fourth-order valence-electron chi connectivity index (χ4n) is 1.74. The van der Waals surface area contributed by atoms with Crippen LogP contribution < -0.4 is 5.73 Å². The van der Waals surface area contributed by atoms with Crippen LogP contribution in [0.15, 0.2) is 0 Å². The van der Waals surface area contributed by atoms with E-state index in [-0.39, 0.29) is 0 Å². The SMILES string of the molecule is CC(C)(C)OC(=O)C(CCCCCCCN)C(=O)O. The Morgan fingerprint density at radius 2 is 1.63 bits per heavy atom. The van der Waals surface area contributed by atoms with Gasteiger partial charge in [0.05, 0.1) is 0 Å². The molecule has 0 saturated carbocycles. The van der Waals surface area contributed by atoms with Gasteiger partial charge in [-0.15, -0.1) is 0 Å². The normalized spacial score (nSPS) is 13.1. The molecule has 0 fully saturated rings. The summed E-state index contributed by atoms with van der Waals surface area (Å²) in [4.78, 5) is 22.8. The van der Waals surface area contributed by atoms with Gasteiger partial charge in [0, 0.05) is 0 Å². The molecule has 0 spiro atoms. The number of carbonyl (C=O) groups excluding carboxylic acids is 1. The van der Waals surface area contributed by atoms with Gasteiger partial charge < -0.3 is 15.6 Å². The lowest BCUT2D eigenvalue weighted by Crippen LogP contribution is -2.32. The number of esters is 1. The predicted octanol–water partition coefficient (Wildman–Crippen LogP) is 2.33. The lowest BCUT2D eigenvalue weighted by atomic mass is 10.00. The van der Waals surface area contributed by atoms with Crippen molar-refractivity contribution in [1.82, 2.24) is 0 Å². The molecule has 0 bridgehead atoms. The molecule has 5 nitrogen and oxygen atoms in total. The van der Waals surface area contributed by atoms with Crippen LogP contribution in [0.2, 0.25) is 0 Å². The van der Waals surface area contributed by atoms with Gasteiger partial charge in [-0.25, -0.2) is 0 Å². The van der Waals surface area contributed by atoms with E-state index in [1.807, 2.05) is 0 Å². The molecule has 0 aromatic carbocycles. The molecule has 0 aromatic rings. The summed E-state index contributed by atoms with van der Waals surface area (Å²) < 4.78 is 5.12. The lowest BCUT2D eigenvalue weighted by molar-refractivity contribution is -0.167. The van der Waals surface area contributed by atoms with Crippen LogP contribution >= 0.6 is 0 Å². The highest BCUT2D eigenvalue weighted by Gasteiger charge is 2.30. The summed E-state index contributed by atoms with van der Waals surface area (Å²) in [5.74, 6) is -2.79. The van der Waals surface area contributed by atoms with Crippen molar-refractivity contribution in [2.45, 2.75) is 64.9 Å². The number of hydrogen-bond donors (Lipinski definition) is 2. The van der Waals surface area contributed by atoms with E-state index in [1.54, 1.807) is 20.8 Å². The zero-order chi connectivity index (χ0) is 14.9. The molecule has 0 heterocycles. The molecule has 0 aliphatic heterocycles. The third-order valence-corrected chi connectivity index (χ3v) is 2.69. The van der Waals surface area contributed by atoms with Gasteiger partial charge in [-0.3, -0.25) is 9.59 Å². The first kappa shape index (κ1) is 17.9. The number of ether oxygens (including phenoxy) is 1. The van der Waals surface area contributed by atoms with Gasteiger partial charge >= 0.3 is 11.9 Å². The molecular weight excluding hydrogens is 246 g/mol. The van der Waals surface area contributed by atoms with Crippen LogP contribution in [-0.4, -0.2) is 29.2 Å². The van der Waals surface area contributed by atoms with Gasteiger partial charge in [-0.1, -0.05) is 25.7 Å². The first-order valence-corrected chi connectivity index (χ1v) is 6.93. The maximum Gasteiger partial charge on any atom is 0.320 e. The van der Waals surface area contributed by atoms with Gasteiger partial charge in [0.1, 0.15) is 5.60 Å². The average molecular weight is 273 g/mol. The Hall–Kier alpha value is -1.10. The highest BCUT2D eigenvalue weighted by molar-refractivity contribution is 5.94. The number of nitrogens with two attached hydrogens (primary N) is 1. The Kier molecular flexibility index (Phi) is 8.39. The summed E-state index contributed by atoms with van der Waals surface area (Å²) in [7, 11) is 0. The fourth-order valence-corrected chi connectivity index (χ4v) is 1.74. The summed E-state index contributed by atoms with van der Waals surface area (Å²) in [5, 5.41) is 9.06. The van der Waals surface area contributed by atoms with Crippen molar-refractivity contribution in [3.8, 4) is 0 Å². The Labute approximate surface area is 115 Å². The number of carboxylic acids is 1. The third-order valence-electron chi connectivity index (χ3n) is 2.69. The van der Waals surface area contributed by atoms with E-state index in [9.17, 15) is 9.59 Å². The Balaban J connectivity index is 4.06. The van der Waals surface area contributed by atoms with E-state index in [2.05, 4.69) is 0 Å². The van der Waals surface area contributed by atoms with Crippen LogP contribution in [0.4, 0.5) is 0 Å². The molecule has 1 unspecified atom stereocenters. The van der Waals surface area contributed by atoms with Gasteiger partial charge in [0.2, 0.25) is 0 Å². The maximum absolute atomic E-state index is 11.7. The quantitative estimate of drug-likeness (QED) is 0.382. The third kappa shape index (κ3) is 9.47. The molecule has 0 radical (unpaired) electrons. The van der Waals surface area contributed by atoms with E-state index in [0.29, 0.717) is 13.0 Å². The summed E-state index contributed by atoms with van der Waals surface area (Å²) in [6.07, 6.45) is 5.06. The van der Waals surface area contributed by atoms with Crippen molar-refractivity contribution in [2.24, 2.45) is 11.7 Å². The minimum Gasteiger partial charge on any atom is -0.481 e. The lowest BCUT2D eigenvalue weighted by Gasteiger charge is -2.22. The molecular formula is C14H27NO4. The molecule has 0 amide bonds. The van der Waals surface area contributed by atoms with E-state index < -0.39 is 23.5 Å². The monoisotopic (exact) mass is 273 g/mol. The predicted molar refractivity (Wildman–Crippen MR) is 73.7 cm³/mol. The van der Waals surface area contributed by atoms with Crippen molar-refractivity contribution in [2.75, 3.05) is 6.54 Å². The summed E-state index contributed by atoms with van der Waals surface area (Å²) >= 11 is 0. The fraction of sp³-hybridized carbons (Fsp3) is 0.857. The molecule has 0 saturated heterocycles. The second-order valence-electron chi connectivity index (χ2n) is 5.77. The maximum atomic E-state index is 11.7. The zero-order valence-corrected chi connectivity index (χ0v) is 12.3. The van der Waals surface area contributed by atoms with Crippen molar-refractivity contribution < 1.29 is 19.4 Å². The number of rotatable bonds is 9. The average Bonchev–Trinajstić information content (AvgIpc) is 2.24. The van der Waals surface area contributed by atoms with Crippen LogP contribution in [0.3, 0.4) is 0 Å². The van der Waals surface area contributed by atoms with E-state index in [1.165, 1.54) is 0 Å². The largest absolute Gasteiger partial charge is 0.481 e. The molecule has 112 valence electrons. The first-order valence-electron chi connectivity index (χ1n) is 6.93. The molecule has 0 rings (SSSR count). The van der Waals surface area contributed by atoms with Crippen LogP contribution in [0.1, 0.15) is 59.3 Å². The topological polar surface area (TPSA) is 89.6 Å². The van der Waals surface area contributed by atoms with Crippen LogP contribution in [0.5, 0.6) is 0 Å². The highest BCUT2D eigenvalue weighted by Crippen LogP contribution is 2.17. The van der Waals surface area contributed by atoms with Crippen LogP contribution in [-0.2, 0) is 14.3 Å². The van der Waals surface area contributed by atoms with Gasteiger partial charge in [-0.05, 0) is 40.2 Å². The Bertz CT molecular complexity index is 284. The molecule has 19 heavy (non-hydrogen) atoms. The Morgan fingerprint density at radius 1 is 1.11 bits per heavy atom. The summed E-state index contributed by atoms with van der Waals surface area (Å²) in [6, 6.07) is 0. The van der Waals surface area contributed by atoms with E-state index in [4.69, 9.17) is 15.6 Å². The number of unbranched alkanes of at least 4 members (excludes halogenated alkanes) is 4. The highest BCUT2D eigenvalue weighted by atomic mass is 16.6. The van der Waals surface area contributed by atoms with Gasteiger partial charge in [0.15, 0.2) is 5.92 Å². The standard InChI is InChI=1S/C14H27NO4/c1-14(2,3)19-13(18)11(12(16)17)9-7-5-4-6-8-10-15/h11H,4-10,15H2,1-3H3,(H,16,17). The zero-order valence-electron chi connectivity index (χ0n) is 12.3. The molecule has 0 aromatic heterocycles. The van der Waals surface area contributed by atoms with Gasteiger partial charge in [-0.2, -0.15) is 0 Å². The second-order valence-corrected chi connectivity index (χ2v) is 5.77. The number of aliphatic carboxylic acids is 1. The Morgan fingerprint density at radius 3 is 2.11 bits per heavy atom. The number of carboxylic acid groups (broad SMARTS) is 1. The molecule has 0 aliphatic rings. The second kappa shape index (κ2) is 8.91. The summed E-state index contributed by atoms with van der Waals surface area (Å²) in [6.45, 7) is 5.89. The minimum atomic E-state index is -1.10. The van der Waals surface area contributed by atoms with Crippen molar-refractivity contribution >= 4 is 11.9 Å². The molecule has 0 aliphatic carbocycles. The first-order chi connectivity index (χ1) is 8.78. The van der Waals surface area contributed by atoms with E-state index >= 15 is 0 Å². The van der Waals surface area contributed by atoms with Crippen LogP contribution in [0, 0.1) is 5.92 Å². The smallest absolute Gasteiger partial charge is 0.320 e. The number of carbonyl (C=O) groups is 2. The molecule has 3 N–H and O–H groups in total. The molecule has 5 heteroatoms. The summed E-state index contributed by atoms with van der Waals surface area (Å²) in [5.41, 5.74) is 4.74. The van der Waals surface area contributed by atoms with Crippen molar-refractivity contribution in [3.05, 3.63) is 0 Å². The van der Waals surface area contributed by atoms with Gasteiger partial charge in [0.25, 0.3) is 0 Å². The number of hydrogen-bond acceptors (Lipinski definition) is 4. The minimum absolute atomic E-state index is 0.340. The van der Waals surface area contributed by atoms with Crippen molar-refractivity contribution in [1.29, 1.82) is 0 Å². The van der Waals surface area contributed by atoms with E-state index in [0.717, 1.165) is 32.1 Å². The molecule has 1 atom stereocenters. The van der Waals surface area contributed by atoms with Crippen molar-refractivity contribution in [3.63, 3.8) is 0 Å². The van der Waals surface area contributed by atoms with Crippen LogP contribution in [0.25, 0.3) is 0 Å².